The zero-order chi connectivity index (χ0) is 18.1. The lowest BCUT2D eigenvalue weighted by molar-refractivity contribution is 0.0661. The Kier molecular flexibility index (Phi) is 4.68. The third kappa shape index (κ3) is 3.46. The second kappa shape index (κ2) is 6.76. The molecule has 5 heteroatoms. The number of carbonyl (C=O) groups is 1. The van der Waals surface area contributed by atoms with Gasteiger partial charge in [0.2, 0.25) is 0 Å². The highest BCUT2D eigenvalue weighted by molar-refractivity contribution is 5.97. The minimum absolute atomic E-state index is 0.0282. The predicted octanol–water partition coefficient (Wildman–Crippen LogP) is 2.53. The van der Waals surface area contributed by atoms with E-state index in [1.165, 1.54) is 0 Å². The van der Waals surface area contributed by atoms with Crippen molar-refractivity contribution in [3.63, 3.8) is 0 Å². The maximum atomic E-state index is 12.7. The van der Waals surface area contributed by atoms with Gasteiger partial charge in [-0.15, -0.1) is 0 Å². The Balaban J connectivity index is 1.83. The van der Waals surface area contributed by atoms with Crippen LogP contribution in [-0.4, -0.2) is 66.0 Å². The van der Waals surface area contributed by atoms with Crippen molar-refractivity contribution in [3.05, 3.63) is 59.5 Å². The second-order valence-corrected chi connectivity index (χ2v) is 6.80. The third-order valence-electron chi connectivity index (χ3n) is 4.94. The van der Waals surface area contributed by atoms with E-state index in [0.29, 0.717) is 18.7 Å². The van der Waals surface area contributed by atoms with E-state index in [1.54, 1.807) is 17.0 Å². The van der Waals surface area contributed by atoms with E-state index >= 15 is 0 Å². The quantitative estimate of drug-likeness (QED) is 0.899. The van der Waals surface area contributed by atoms with Crippen molar-refractivity contribution in [2.45, 2.75) is 6.92 Å². The number of likely N-dealkylation sites (N-methyl/N-ethyl adjacent to an activating group) is 2. The number of allylic oxidation sites excluding steroid dienone is 3. The van der Waals surface area contributed by atoms with Gasteiger partial charge in [0.15, 0.2) is 0 Å². The Hall–Kier alpha value is -2.53. The molecular formula is C20H25N3O2. The van der Waals surface area contributed by atoms with Gasteiger partial charge in [-0.1, -0.05) is 12.6 Å². The summed E-state index contributed by atoms with van der Waals surface area (Å²) in [6.07, 6.45) is 4.02. The average molecular weight is 339 g/mol. The fourth-order valence-corrected chi connectivity index (χ4v) is 3.15. The van der Waals surface area contributed by atoms with Crippen LogP contribution in [0.15, 0.2) is 48.3 Å². The minimum atomic E-state index is -0.105. The molecule has 0 bridgehead atoms. The third-order valence-corrected chi connectivity index (χ3v) is 4.94. The summed E-state index contributed by atoms with van der Waals surface area (Å²) in [5.74, 6) is -0.0765. The van der Waals surface area contributed by atoms with Gasteiger partial charge in [-0.2, -0.15) is 0 Å². The fourth-order valence-electron chi connectivity index (χ4n) is 3.15. The highest BCUT2D eigenvalue weighted by Gasteiger charge is 2.23. The molecule has 25 heavy (non-hydrogen) atoms. The van der Waals surface area contributed by atoms with Crippen LogP contribution in [0.25, 0.3) is 5.57 Å². The number of benzene rings is 1. The number of hydrogen-bond acceptors (Lipinski definition) is 4. The van der Waals surface area contributed by atoms with Crippen molar-refractivity contribution in [1.29, 1.82) is 0 Å². The number of aromatic hydroxyl groups is 1. The SMILES string of the molecule is C=C1C(C)=CC(c2ccc(C(=O)N3CCN(C)CC3)c(O)c2)=CN1C. The van der Waals surface area contributed by atoms with E-state index < -0.39 is 0 Å². The highest BCUT2D eigenvalue weighted by Crippen LogP contribution is 2.30. The molecule has 0 aliphatic carbocycles. The predicted molar refractivity (Wildman–Crippen MR) is 100 cm³/mol. The maximum Gasteiger partial charge on any atom is 0.257 e. The smallest absolute Gasteiger partial charge is 0.257 e. The molecule has 1 fully saturated rings. The van der Waals surface area contributed by atoms with E-state index in [-0.39, 0.29) is 11.7 Å². The number of rotatable bonds is 2. The lowest BCUT2D eigenvalue weighted by Gasteiger charge is -2.32. The van der Waals surface area contributed by atoms with E-state index in [9.17, 15) is 9.90 Å². The van der Waals surface area contributed by atoms with Gasteiger partial charge in [-0.3, -0.25) is 4.79 Å². The van der Waals surface area contributed by atoms with Crippen LogP contribution in [0.2, 0.25) is 0 Å². The molecule has 1 aromatic carbocycles. The van der Waals surface area contributed by atoms with Crippen LogP contribution < -0.4 is 0 Å². The van der Waals surface area contributed by atoms with Crippen LogP contribution in [0.4, 0.5) is 0 Å². The van der Waals surface area contributed by atoms with Gasteiger partial charge >= 0.3 is 0 Å². The van der Waals surface area contributed by atoms with Crippen molar-refractivity contribution in [3.8, 4) is 5.75 Å². The summed E-state index contributed by atoms with van der Waals surface area (Å²) in [6.45, 7) is 9.14. The molecule has 1 saturated heterocycles. The van der Waals surface area contributed by atoms with Crippen molar-refractivity contribution in [2.75, 3.05) is 40.3 Å². The lowest BCUT2D eigenvalue weighted by atomic mass is 9.98. The van der Waals surface area contributed by atoms with Crippen LogP contribution in [0, 0.1) is 0 Å². The van der Waals surface area contributed by atoms with Gasteiger partial charge in [-0.25, -0.2) is 0 Å². The zero-order valence-corrected chi connectivity index (χ0v) is 15.1. The molecule has 0 radical (unpaired) electrons. The summed E-state index contributed by atoms with van der Waals surface area (Å²) in [5.41, 5.74) is 4.27. The molecule has 3 rings (SSSR count). The second-order valence-electron chi connectivity index (χ2n) is 6.80. The number of carbonyl (C=O) groups excluding carboxylic acids is 1. The van der Waals surface area contributed by atoms with Crippen LogP contribution in [0.1, 0.15) is 22.8 Å². The molecule has 2 aliphatic heterocycles. The molecule has 1 aromatic rings. The Morgan fingerprint density at radius 1 is 1.16 bits per heavy atom. The summed E-state index contributed by atoms with van der Waals surface area (Å²) >= 11 is 0. The van der Waals surface area contributed by atoms with Gasteiger partial charge in [-0.05, 0) is 48.9 Å². The van der Waals surface area contributed by atoms with E-state index in [0.717, 1.165) is 35.5 Å². The van der Waals surface area contributed by atoms with Gasteiger partial charge in [0, 0.05) is 45.1 Å². The molecule has 0 atom stereocenters. The maximum absolute atomic E-state index is 12.7. The monoisotopic (exact) mass is 339 g/mol. The van der Waals surface area contributed by atoms with E-state index in [4.69, 9.17) is 0 Å². The summed E-state index contributed by atoms with van der Waals surface area (Å²) in [4.78, 5) is 18.6. The first kappa shape index (κ1) is 17.3. The summed E-state index contributed by atoms with van der Waals surface area (Å²) in [6, 6.07) is 5.28. The molecular weight excluding hydrogens is 314 g/mol. The van der Waals surface area contributed by atoms with Crippen LogP contribution in [0.3, 0.4) is 0 Å². The summed E-state index contributed by atoms with van der Waals surface area (Å²) < 4.78 is 0. The average Bonchev–Trinajstić information content (AvgIpc) is 2.59. The molecule has 0 unspecified atom stereocenters. The molecule has 2 aliphatic rings. The summed E-state index contributed by atoms with van der Waals surface area (Å²) in [7, 11) is 4.00. The van der Waals surface area contributed by atoms with Gasteiger partial charge in [0.05, 0.1) is 5.56 Å². The topological polar surface area (TPSA) is 47.0 Å². The van der Waals surface area contributed by atoms with Gasteiger partial charge in [0.1, 0.15) is 5.75 Å². The summed E-state index contributed by atoms with van der Waals surface area (Å²) in [5, 5.41) is 10.4. The molecule has 1 amide bonds. The number of hydrogen-bond donors (Lipinski definition) is 1. The highest BCUT2D eigenvalue weighted by atomic mass is 16.3. The Labute approximate surface area is 149 Å². The molecule has 5 nitrogen and oxygen atoms in total. The molecule has 2 heterocycles. The first-order valence-corrected chi connectivity index (χ1v) is 8.50. The molecule has 0 aromatic heterocycles. The normalized spacial score (nSPS) is 18.9. The number of nitrogens with zero attached hydrogens (tertiary/aromatic N) is 3. The van der Waals surface area contributed by atoms with Crippen LogP contribution in [0.5, 0.6) is 5.75 Å². The minimum Gasteiger partial charge on any atom is -0.507 e. The number of amides is 1. The number of phenols is 1. The molecule has 132 valence electrons. The largest absolute Gasteiger partial charge is 0.507 e. The van der Waals surface area contributed by atoms with Gasteiger partial charge in [0.25, 0.3) is 5.91 Å². The Morgan fingerprint density at radius 2 is 1.84 bits per heavy atom. The van der Waals surface area contributed by atoms with E-state index in [2.05, 4.69) is 11.5 Å². The molecule has 0 spiro atoms. The number of piperazine rings is 1. The standard InChI is InChI=1S/C20H25N3O2/c1-14-11-17(13-22(4)15(14)2)16-5-6-18(19(24)12-16)20(25)23-9-7-21(3)8-10-23/h5-6,11-13,24H,2,7-10H2,1,3-4H3. The Morgan fingerprint density at radius 3 is 2.44 bits per heavy atom. The lowest BCUT2D eigenvalue weighted by Crippen LogP contribution is -2.47. The molecule has 0 saturated carbocycles. The van der Waals surface area contributed by atoms with E-state index in [1.807, 2.05) is 44.3 Å². The first-order chi connectivity index (χ1) is 11.9. The van der Waals surface area contributed by atoms with Crippen LogP contribution >= 0.6 is 0 Å². The Bertz CT molecular complexity index is 771. The van der Waals surface area contributed by atoms with Crippen molar-refractivity contribution in [2.24, 2.45) is 0 Å². The first-order valence-electron chi connectivity index (χ1n) is 8.50. The van der Waals surface area contributed by atoms with Gasteiger partial charge < -0.3 is 19.8 Å². The van der Waals surface area contributed by atoms with Crippen molar-refractivity contribution < 1.29 is 9.90 Å². The number of phenolic OH excluding ortho intramolecular Hbond substituents is 1. The zero-order valence-electron chi connectivity index (χ0n) is 15.1. The van der Waals surface area contributed by atoms with Crippen molar-refractivity contribution >= 4 is 11.5 Å². The van der Waals surface area contributed by atoms with Crippen LogP contribution in [-0.2, 0) is 0 Å². The molecule has 1 N–H and O–H groups in total. The van der Waals surface area contributed by atoms with Crippen molar-refractivity contribution in [1.82, 2.24) is 14.7 Å². The fraction of sp³-hybridized carbons (Fsp3) is 0.350.